The van der Waals surface area contributed by atoms with E-state index >= 15 is 0 Å². The summed E-state index contributed by atoms with van der Waals surface area (Å²) in [7, 11) is 0. The normalized spacial score (nSPS) is 17.4. The monoisotopic (exact) mass is 216 g/mol. The smallest absolute Gasteiger partial charge is 0.0311 e. The van der Waals surface area contributed by atoms with Gasteiger partial charge in [0.25, 0.3) is 0 Å². The molecule has 0 radical (unpaired) electrons. The predicted molar refractivity (Wildman–Crippen MR) is 66.9 cm³/mol. The van der Waals surface area contributed by atoms with Gasteiger partial charge in [0.05, 0.1) is 0 Å². The van der Waals surface area contributed by atoms with Crippen molar-refractivity contribution in [2.24, 2.45) is 11.3 Å². The highest BCUT2D eigenvalue weighted by atomic mass is 35.5. The summed E-state index contributed by atoms with van der Waals surface area (Å²) >= 11 is 5.97. The van der Waals surface area contributed by atoms with Crippen LogP contribution in [0.2, 0.25) is 0 Å². The molecule has 0 N–H and O–H groups in total. The van der Waals surface area contributed by atoms with E-state index in [9.17, 15) is 0 Å². The largest absolute Gasteiger partial charge is 0.126 e. The van der Waals surface area contributed by atoms with E-state index < -0.39 is 0 Å². The maximum Gasteiger partial charge on any atom is 0.0311 e. The molecule has 0 heterocycles. The molecule has 0 aliphatic rings. The van der Waals surface area contributed by atoms with Gasteiger partial charge in [-0.3, -0.25) is 0 Å². The van der Waals surface area contributed by atoms with Gasteiger partial charge in [-0.25, -0.2) is 0 Å². The van der Waals surface area contributed by atoms with Crippen LogP contribution in [0.25, 0.3) is 0 Å². The molecule has 0 aromatic carbocycles. The highest BCUT2D eigenvalue weighted by molar-refractivity contribution is 6.18. The van der Waals surface area contributed by atoms with E-state index in [1.165, 1.54) is 32.1 Å². The summed E-state index contributed by atoms with van der Waals surface area (Å²) in [6.07, 6.45) is 8.45. The Morgan fingerprint density at radius 2 is 2.07 bits per heavy atom. The Balaban J connectivity index is 4.07. The van der Waals surface area contributed by atoms with Crippen LogP contribution in [0.5, 0.6) is 0 Å². The zero-order chi connectivity index (χ0) is 11.0. The second-order valence-corrected chi connectivity index (χ2v) is 4.88. The number of halogens is 1. The average Bonchev–Trinajstić information content (AvgIpc) is 2.23. The maximum atomic E-state index is 5.97. The van der Waals surface area contributed by atoms with Crippen LogP contribution in [0, 0.1) is 11.3 Å². The van der Waals surface area contributed by atoms with Crippen LogP contribution in [-0.4, -0.2) is 5.88 Å². The molecule has 0 aliphatic heterocycles. The van der Waals surface area contributed by atoms with Crippen LogP contribution < -0.4 is 0 Å². The van der Waals surface area contributed by atoms with Crippen molar-refractivity contribution in [1.82, 2.24) is 0 Å². The van der Waals surface area contributed by atoms with E-state index in [0.29, 0.717) is 5.88 Å². The van der Waals surface area contributed by atoms with Crippen molar-refractivity contribution < 1.29 is 0 Å². The zero-order valence-electron chi connectivity index (χ0n) is 9.98. The fourth-order valence-corrected chi connectivity index (χ4v) is 2.01. The lowest BCUT2D eigenvalue weighted by Crippen LogP contribution is -2.19. The minimum atomic E-state index is 0.135. The Morgan fingerprint density at radius 1 is 1.43 bits per heavy atom. The van der Waals surface area contributed by atoms with Gasteiger partial charge >= 0.3 is 0 Å². The van der Waals surface area contributed by atoms with Gasteiger partial charge in [0, 0.05) is 5.88 Å². The fraction of sp³-hybridized carbons (Fsp3) is 0.846. The predicted octanol–water partition coefficient (Wildman–Crippen LogP) is 5.02. The summed E-state index contributed by atoms with van der Waals surface area (Å²) in [6.45, 7) is 10.6. The Bertz CT molecular complexity index is 153. The molecule has 14 heavy (non-hydrogen) atoms. The molecule has 84 valence electrons. The van der Waals surface area contributed by atoms with E-state index in [1.54, 1.807) is 0 Å². The SMILES string of the molecule is C=CC(C)(CCl)CC(CC)CCCC. The molecular formula is C13H25Cl. The topological polar surface area (TPSA) is 0 Å². The Kier molecular flexibility index (Phi) is 7.35. The lowest BCUT2D eigenvalue weighted by atomic mass is 9.80. The minimum Gasteiger partial charge on any atom is -0.126 e. The third kappa shape index (κ3) is 5.05. The van der Waals surface area contributed by atoms with Crippen LogP contribution in [0.4, 0.5) is 0 Å². The molecule has 0 aliphatic carbocycles. The van der Waals surface area contributed by atoms with E-state index in [-0.39, 0.29) is 5.41 Å². The maximum absolute atomic E-state index is 5.97. The van der Waals surface area contributed by atoms with Crippen molar-refractivity contribution in [3.05, 3.63) is 12.7 Å². The summed E-state index contributed by atoms with van der Waals surface area (Å²) in [4.78, 5) is 0. The highest BCUT2D eigenvalue weighted by Crippen LogP contribution is 2.32. The van der Waals surface area contributed by atoms with Crippen molar-refractivity contribution >= 4 is 11.6 Å². The fourth-order valence-electron chi connectivity index (χ4n) is 1.80. The van der Waals surface area contributed by atoms with E-state index in [1.807, 2.05) is 6.08 Å². The van der Waals surface area contributed by atoms with Crippen LogP contribution in [0.15, 0.2) is 12.7 Å². The van der Waals surface area contributed by atoms with Gasteiger partial charge in [-0.15, -0.1) is 18.2 Å². The summed E-state index contributed by atoms with van der Waals surface area (Å²) in [5.41, 5.74) is 0.135. The van der Waals surface area contributed by atoms with E-state index in [2.05, 4.69) is 27.4 Å². The molecule has 1 heteroatoms. The van der Waals surface area contributed by atoms with E-state index in [0.717, 1.165) is 5.92 Å². The quantitative estimate of drug-likeness (QED) is 0.395. The van der Waals surface area contributed by atoms with Crippen LogP contribution in [-0.2, 0) is 0 Å². The first-order valence-electron chi connectivity index (χ1n) is 5.81. The molecule has 0 aromatic heterocycles. The lowest BCUT2D eigenvalue weighted by molar-refractivity contribution is 0.308. The average molecular weight is 217 g/mol. The standard InChI is InChI=1S/C13H25Cl/c1-5-8-9-12(6-2)10-13(4,7-3)11-14/h7,12H,3,5-6,8-11H2,1-2,4H3. The van der Waals surface area contributed by atoms with Crippen molar-refractivity contribution in [1.29, 1.82) is 0 Å². The van der Waals surface area contributed by atoms with Crippen molar-refractivity contribution in [3.63, 3.8) is 0 Å². The molecule has 0 spiro atoms. The van der Waals surface area contributed by atoms with Gasteiger partial charge in [-0.05, 0) is 17.8 Å². The van der Waals surface area contributed by atoms with Crippen LogP contribution in [0.1, 0.15) is 52.9 Å². The zero-order valence-corrected chi connectivity index (χ0v) is 10.7. The minimum absolute atomic E-state index is 0.135. The summed E-state index contributed by atoms with van der Waals surface area (Å²) < 4.78 is 0. The summed E-state index contributed by atoms with van der Waals surface area (Å²) in [5, 5.41) is 0. The first-order chi connectivity index (χ1) is 6.61. The lowest BCUT2D eigenvalue weighted by Gasteiger charge is -2.28. The van der Waals surface area contributed by atoms with Gasteiger partial charge in [-0.1, -0.05) is 52.5 Å². The van der Waals surface area contributed by atoms with Gasteiger partial charge in [0.1, 0.15) is 0 Å². The van der Waals surface area contributed by atoms with Gasteiger partial charge in [0.15, 0.2) is 0 Å². The van der Waals surface area contributed by atoms with Crippen molar-refractivity contribution in [2.45, 2.75) is 52.9 Å². The highest BCUT2D eigenvalue weighted by Gasteiger charge is 2.22. The second kappa shape index (κ2) is 7.34. The van der Waals surface area contributed by atoms with Crippen molar-refractivity contribution in [3.8, 4) is 0 Å². The number of unbranched alkanes of at least 4 members (excludes halogenated alkanes) is 1. The number of hydrogen-bond acceptors (Lipinski definition) is 0. The molecule has 0 nitrogen and oxygen atoms in total. The molecule has 0 rings (SSSR count). The van der Waals surface area contributed by atoms with Crippen molar-refractivity contribution in [2.75, 3.05) is 5.88 Å². The third-order valence-corrected chi connectivity index (χ3v) is 3.71. The first-order valence-corrected chi connectivity index (χ1v) is 6.34. The Hall–Kier alpha value is 0.0300. The first kappa shape index (κ1) is 14.0. The summed E-state index contributed by atoms with van der Waals surface area (Å²) in [6, 6.07) is 0. The molecule has 2 atom stereocenters. The molecule has 0 bridgehead atoms. The van der Waals surface area contributed by atoms with Crippen LogP contribution in [0.3, 0.4) is 0 Å². The number of hydrogen-bond donors (Lipinski definition) is 0. The molecular weight excluding hydrogens is 192 g/mol. The summed E-state index contributed by atoms with van der Waals surface area (Å²) in [5.74, 6) is 1.51. The van der Waals surface area contributed by atoms with Gasteiger partial charge in [-0.2, -0.15) is 0 Å². The Morgan fingerprint density at radius 3 is 2.43 bits per heavy atom. The Labute approximate surface area is 94.7 Å². The third-order valence-electron chi connectivity index (χ3n) is 3.10. The molecule has 2 unspecified atom stereocenters. The van der Waals surface area contributed by atoms with Crippen LogP contribution >= 0.6 is 11.6 Å². The molecule has 0 aromatic rings. The molecule has 0 amide bonds. The molecule has 0 saturated heterocycles. The van der Waals surface area contributed by atoms with E-state index in [4.69, 9.17) is 11.6 Å². The van der Waals surface area contributed by atoms with Gasteiger partial charge in [0.2, 0.25) is 0 Å². The van der Waals surface area contributed by atoms with Gasteiger partial charge < -0.3 is 0 Å². The molecule has 0 fully saturated rings. The molecule has 0 saturated carbocycles. The number of alkyl halides is 1. The number of rotatable bonds is 8. The second-order valence-electron chi connectivity index (χ2n) is 4.61. The number of allylic oxidation sites excluding steroid dienone is 1.